The highest BCUT2D eigenvalue weighted by Gasteiger charge is 2.44. The van der Waals surface area contributed by atoms with Gasteiger partial charge in [0.15, 0.2) is 12.1 Å². The van der Waals surface area contributed by atoms with Gasteiger partial charge >= 0.3 is 0 Å². The standard InChI is InChI=1S/C73H113N3O21/c1-47(28-21-17-13-9-6-7-12-16-20-24-36-66(90)76-67-62(87)37-38-63(67)88)68(91)49(3)61(86)34-22-18-14-10-8-11-15-19-23-35-65(97-73-71(94)70(93)69(92)51(5)96-73)48(2)64(89)46-60(85)45-59(84)43-55(80)32-26-31-54(79)42-58(83)44-57(82)41-53(78)30-25-29-52(77)40-56(81)33-27-39-75-72(95)50(4)74/h6-12,14-16,18-26,28,30,32,34,36,47-61,65,68-71,73,77-87,91-94H,13,17,27,29,31,33,35,37-46,74H2,1-5H3,(H,75,95)(H,76,90)/b9-6+,10-8+,12-7+,15-11+,18-14+,20-16+,23-19+,28-21+,30-25+,32-26+,34-22+,36-24+. The number of amides is 2. The zero-order valence-electron chi connectivity index (χ0n) is 56.7. The number of aliphatic hydroxyl groups excluding tert-OH is 15. The quantitative estimate of drug-likeness (QED) is 0.0179. The van der Waals surface area contributed by atoms with E-state index < -0.39 is 140 Å². The predicted octanol–water partition coefficient (Wildman–Crippen LogP) is 3.49. The van der Waals surface area contributed by atoms with Crippen LogP contribution in [0.2, 0.25) is 0 Å². The Morgan fingerprint density at radius 1 is 0.577 bits per heavy atom. The molecule has 0 aromatic heterocycles. The van der Waals surface area contributed by atoms with E-state index in [9.17, 15) is 95.8 Å². The van der Waals surface area contributed by atoms with Gasteiger partial charge in [0.1, 0.15) is 35.6 Å². The number of carbonyl (C=O) groups is 4. The van der Waals surface area contributed by atoms with Gasteiger partial charge in [0.2, 0.25) is 11.8 Å². The van der Waals surface area contributed by atoms with Gasteiger partial charge in [-0.05, 0) is 84.5 Å². The Hall–Kier alpha value is -5.98. The molecule has 24 heteroatoms. The highest BCUT2D eigenvalue weighted by Crippen LogP contribution is 2.28. The van der Waals surface area contributed by atoms with Crippen LogP contribution in [-0.2, 0) is 28.7 Å². The van der Waals surface area contributed by atoms with Gasteiger partial charge in [-0.25, -0.2) is 0 Å². The summed E-state index contributed by atoms with van der Waals surface area (Å²) >= 11 is 0. The molecule has 1 aliphatic carbocycles. The van der Waals surface area contributed by atoms with Crippen molar-refractivity contribution in [2.45, 2.75) is 247 Å². The Kier molecular flexibility index (Phi) is 44.5. The highest BCUT2D eigenvalue weighted by molar-refractivity contribution is 6.03. The summed E-state index contributed by atoms with van der Waals surface area (Å²) in [5, 5.41) is 162. The Labute approximate surface area is 571 Å². The predicted molar refractivity (Wildman–Crippen MR) is 369 cm³/mol. The second-order valence-electron chi connectivity index (χ2n) is 25.2. The molecule has 0 aromatic carbocycles. The third-order valence-electron chi connectivity index (χ3n) is 16.3. The number of ketones is 2. The molecule has 2 rings (SSSR count). The molecule has 0 saturated carbocycles. The number of aliphatic hydroxyl groups is 15. The van der Waals surface area contributed by atoms with E-state index in [1.54, 1.807) is 99.8 Å². The van der Waals surface area contributed by atoms with Crippen molar-refractivity contribution in [1.82, 2.24) is 10.6 Å². The smallest absolute Gasteiger partial charge is 0.248 e. The maximum atomic E-state index is 13.6. The molecule has 0 aromatic rings. The van der Waals surface area contributed by atoms with Gasteiger partial charge in [-0.1, -0.05) is 161 Å². The normalized spacial score (nSPS) is 23.7. The number of nitrogens with one attached hydrogen (secondary N) is 2. The minimum atomic E-state index is -1.65. The van der Waals surface area contributed by atoms with Crippen molar-refractivity contribution < 1.29 is 105 Å². The molecule has 21 unspecified atom stereocenters. The van der Waals surface area contributed by atoms with E-state index in [1.165, 1.54) is 43.4 Å². The summed E-state index contributed by atoms with van der Waals surface area (Å²) in [5.74, 6) is -3.23. The van der Waals surface area contributed by atoms with E-state index >= 15 is 0 Å². The number of ether oxygens (including phenoxy) is 2. The fourth-order valence-electron chi connectivity index (χ4n) is 10.3. The average Bonchev–Trinajstić information content (AvgIpc) is 0.982. The van der Waals surface area contributed by atoms with Crippen LogP contribution < -0.4 is 16.4 Å². The van der Waals surface area contributed by atoms with Crippen LogP contribution in [0.5, 0.6) is 0 Å². The van der Waals surface area contributed by atoms with Gasteiger partial charge in [0.25, 0.3) is 0 Å². The molecule has 546 valence electrons. The molecular weight excluding hydrogens is 1250 g/mol. The van der Waals surface area contributed by atoms with E-state index in [2.05, 4.69) is 10.6 Å². The molecule has 1 heterocycles. The first kappa shape index (κ1) is 87.1. The van der Waals surface area contributed by atoms with Gasteiger partial charge in [-0.2, -0.15) is 0 Å². The third kappa shape index (κ3) is 38.3. The summed E-state index contributed by atoms with van der Waals surface area (Å²) in [7, 11) is 0. The lowest BCUT2D eigenvalue weighted by Crippen LogP contribution is -2.58. The van der Waals surface area contributed by atoms with Crippen molar-refractivity contribution in [3.63, 3.8) is 0 Å². The molecule has 0 bridgehead atoms. The van der Waals surface area contributed by atoms with Crippen LogP contribution in [0.4, 0.5) is 0 Å². The fourth-order valence-corrected chi connectivity index (χ4v) is 10.3. The molecular formula is C73H113N3O21. The summed E-state index contributed by atoms with van der Waals surface area (Å²) in [6.45, 7) is 8.61. The molecule has 24 nitrogen and oxygen atoms in total. The molecule has 19 N–H and O–H groups in total. The van der Waals surface area contributed by atoms with Crippen LogP contribution in [0, 0.1) is 17.8 Å². The summed E-state index contributed by atoms with van der Waals surface area (Å²) < 4.78 is 11.7. The van der Waals surface area contributed by atoms with Gasteiger partial charge in [-0.15, -0.1) is 0 Å². The van der Waals surface area contributed by atoms with Gasteiger partial charge in [-0.3, -0.25) is 19.2 Å². The molecule has 97 heavy (non-hydrogen) atoms. The van der Waals surface area contributed by atoms with Crippen LogP contribution in [0.1, 0.15) is 137 Å². The van der Waals surface area contributed by atoms with Gasteiger partial charge < -0.3 is 102 Å². The van der Waals surface area contributed by atoms with Crippen molar-refractivity contribution in [3.05, 3.63) is 157 Å². The average molecular weight is 1370 g/mol. The molecule has 2 aliphatic rings. The maximum Gasteiger partial charge on any atom is 0.248 e. The zero-order chi connectivity index (χ0) is 72.4. The van der Waals surface area contributed by atoms with E-state index in [1.807, 2.05) is 37.3 Å². The third-order valence-corrected chi connectivity index (χ3v) is 16.3. The van der Waals surface area contributed by atoms with Crippen molar-refractivity contribution in [2.24, 2.45) is 23.5 Å². The Morgan fingerprint density at radius 2 is 1.09 bits per heavy atom. The van der Waals surface area contributed by atoms with Crippen LogP contribution in [0.3, 0.4) is 0 Å². The first-order valence-corrected chi connectivity index (χ1v) is 33.7. The second kappa shape index (κ2) is 49.5. The van der Waals surface area contributed by atoms with E-state index in [4.69, 9.17) is 15.2 Å². The largest absolute Gasteiger partial charge is 0.510 e. The lowest BCUT2D eigenvalue weighted by molar-refractivity contribution is -0.306. The number of Topliss-reactive ketones (excluding diaryl/α,β-unsaturated/α-hetero) is 2. The molecule has 0 spiro atoms. The summed E-state index contributed by atoms with van der Waals surface area (Å²) in [5.41, 5.74) is 5.45. The molecule has 2 amide bonds. The lowest BCUT2D eigenvalue weighted by Gasteiger charge is -2.41. The zero-order valence-corrected chi connectivity index (χ0v) is 56.7. The Bertz CT molecular complexity index is 2700. The first-order chi connectivity index (χ1) is 46.0. The minimum absolute atomic E-state index is 0.00475. The van der Waals surface area contributed by atoms with Crippen molar-refractivity contribution in [1.29, 1.82) is 0 Å². The van der Waals surface area contributed by atoms with E-state index in [0.717, 1.165) is 12.8 Å². The SMILES string of the molecule is CC(N)C(=O)NCCCC(O)CC(O)C/C=C/C(O)CC(O)CC(O)CC(O)C/C=C/C(O)CC(O)CC(O)CC(=O)C(C)C(C/C=C/C=C/C=C/C=C/C=C/C(O)C(C)C(O)C(C)/C=C/CC/C=C/C=C/C=C/C=C/C(=O)NC1=C(O)CCC1=O)OC1OC(C)C(O)C(O)C1O. The van der Waals surface area contributed by atoms with E-state index in [-0.39, 0.29) is 99.7 Å². The number of nitrogens with two attached hydrogens (primary N) is 1. The monoisotopic (exact) mass is 1370 g/mol. The molecule has 1 aliphatic heterocycles. The van der Waals surface area contributed by atoms with Crippen LogP contribution in [0.25, 0.3) is 0 Å². The topological polar surface area (TPSA) is 440 Å². The van der Waals surface area contributed by atoms with Crippen LogP contribution in [0.15, 0.2) is 157 Å². The maximum absolute atomic E-state index is 13.6. The Balaban J connectivity index is 1.80. The summed E-state index contributed by atoms with van der Waals surface area (Å²) in [4.78, 5) is 48.7. The lowest BCUT2D eigenvalue weighted by atomic mass is 9.88. The van der Waals surface area contributed by atoms with Crippen LogP contribution >= 0.6 is 0 Å². The second-order valence-corrected chi connectivity index (χ2v) is 25.2. The molecule has 0 radical (unpaired) electrons. The van der Waals surface area contributed by atoms with Crippen molar-refractivity contribution in [2.75, 3.05) is 6.54 Å². The van der Waals surface area contributed by atoms with Gasteiger partial charge in [0.05, 0.1) is 85.4 Å². The molecule has 1 fully saturated rings. The highest BCUT2D eigenvalue weighted by atomic mass is 16.7. The summed E-state index contributed by atoms with van der Waals surface area (Å²) in [6.07, 6.45) is 22.7. The van der Waals surface area contributed by atoms with Crippen molar-refractivity contribution >= 4 is 23.4 Å². The Morgan fingerprint density at radius 3 is 1.67 bits per heavy atom. The number of hydrogen-bond acceptors (Lipinski definition) is 22. The summed E-state index contributed by atoms with van der Waals surface area (Å²) in [6, 6.07) is -0.634. The van der Waals surface area contributed by atoms with E-state index in [0.29, 0.717) is 19.4 Å². The number of carbonyl (C=O) groups excluding carboxylic acids is 4. The number of unbranched alkanes of at least 4 members (excludes halogenated alkanes) is 1. The number of allylic oxidation sites excluding steroid dienone is 18. The molecule has 21 atom stereocenters. The molecule has 1 saturated heterocycles. The fraction of sp³-hybridized carbons (Fsp3) is 0.589. The van der Waals surface area contributed by atoms with Crippen LogP contribution in [-0.4, -0.2) is 217 Å². The van der Waals surface area contributed by atoms with Gasteiger partial charge in [0, 0.05) is 62.5 Å². The first-order valence-electron chi connectivity index (χ1n) is 33.7. The number of rotatable bonds is 48. The minimum Gasteiger partial charge on any atom is -0.510 e. The number of hydrogen-bond donors (Lipinski definition) is 18. The van der Waals surface area contributed by atoms with Crippen molar-refractivity contribution in [3.8, 4) is 0 Å².